The molecule has 0 unspecified atom stereocenters. The Morgan fingerprint density at radius 2 is 2.15 bits per heavy atom. The zero-order chi connectivity index (χ0) is 14.5. The lowest BCUT2D eigenvalue weighted by atomic mass is 10.1. The standard InChI is InChI=1S/C14H16FN3OS/c1-18(9-11-5-3-7-20-11)8-10-4-2-6-12(13(10)15)14(16)17-19/h2-7,19H,8-9H2,1H3,(H2,16,17). The molecule has 1 aromatic carbocycles. The minimum atomic E-state index is -0.444. The number of oxime groups is 1. The van der Waals surface area contributed by atoms with Crippen LogP contribution in [0.15, 0.2) is 40.9 Å². The highest BCUT2D eigenvalue weighted by atomic mass is 32.1. The number of nitrogens with zero attached hydrogens (tertiary/aromatic N) is 2. The first-order chi connectivity index (χ1) is 9.61. The van der Waals surface area contributed by atoms with Crippen molar-refractivity contribution in [2.24, 2.45) is 10.9 Å². The van der Waals surface area contributed by atoms with Crippen molar-refractivity contribution in [1.29, 1.82) is 0 Å². The summed E-state index contributed by atoms with van der Waals surface area (Å²) in [7, 11) is 1.93. The van der Waals surface area contributed by atoms with E-state index >= 15 is 0 Å². The van der Waals surface area contributed by atoms with Gasteiger partial charge >= 0.3 is 0 Å². The molecule has 0 aliphatic rings. The molecule has 0 bridgehead atoms. The lowest BCUT2D eigenvalue weighted by molar-refractivity contribution is 0.315. The van der Waals surface area contributed by atoms with Crippen LogP contribution in [0, 0.1) is 5.82 Å². The monoisotopic (exact) mass is 293 g/mol. The van der Waals surface area contributed by atoms with Crippen molar-refractivity contribution >= 4 is 17.2 Å². The summed E-state index contributed by atoms with van der Waals surface area (Å²) >= 11 is 1.67. The molecule has 2 aromatic rings. The highest BCUT2D eigenvalue weighted by molar-refractivity contribution is 7.09. The molecule has 0 spiro atoms. The molecule has 4 nitrogen and oxygen atoms in total. The molecule has 0 saturated carbocycles. The smallest absolute Gasteiger partial charge is 0.173 e. The maximum atomic E-state index is 14.3. The number of halogens is 1. The number of nitrogens with two attached hydrogens (primary N) is 1. The molecule has 6 heteroatoms. The maximum absolute atomic E-state index is 14.3. The average Bonchev–Trinajstić information content (AvgIpc) is 2.93. The van der Waals surface area contributed by atoms with Gasteiger partial charge in [0.15, 0.2) is 5.84 Å². The van der Waals surface area contributed by atoms with E-state index in [1.807, 2.05) is 29.5 Å². The van der Waals surface area contributed by atoms with Gasteiger partial charge in [-0.1, -0.05) is 23.4 Å². The molecule has 0 fully saturated rings. The van der Waals surface area contributed by atoms with Crippen LogP contribution in [0.3, 0.4) is 0 Å². The molecule has 0 saturated heterocycles. The normalized spacial score (nSPS) is 12.1. The number of amidine groups is 1. The fourth-order valence-corrected chi connectivity index (χ4v) is 2.75. The van der Waals surface area contributed by atoms with Crippen LogP contribution in [0.4, 0.5) is 4.39 Å². The van der Waals surface area contributed by atoms with Gasteiger partial charge in [-0.05, 0) is 24.6 Å². The summed E-state index contributed by atoms with van der Waals surface area (Å²) in [6.45, 7) is 1.21. The van der Waals surface area contributed by atoms with Crippen LogP contribution >= 0.6 is 11.3 Å². The van der Waals surface area contributed by atoms with Crippen LogP contribution in [-0.4, -0.2) is 23.0 Å². The van der Waals surface area contributed by atoms with E-state index in [-0.39, 0.29) is 11.4 Å². The van der Waals surface area contributed by atoms with E-state index in [4.69, 9.17) is 10.9 Å². The van der Waals surface area contributed by atoms with Gasteiger partial charge in [0.2, 0.25) is 0 Å². The van der Waals surface area contributed by atoms with Gasteiger partial charge in [-0.25, -0.2) is 4.39 Å². The number of rotatable bonds is 5. The highest BCUT2D eigenvalue weighted by Crippen LogP contribution is 2.17. The first-order valence-electron chi connectivity index (χ1n) is 6.08. The Morgan fingerprint density at radius 1 is 1.35 bits per heavy atom. The van der Waals surface area contributed by atoms with Crippen molar-refractivity contribution in [2.45, 2.75) is 13.1 Å². The van der Waals surface area contributed by atoms with Crippen LogP contribution < -0.4 is 5.73 Å². The summed E-state index contributed by atoms with van der Waals surface area (Å²) in [5.41, 5.74) is 6.09. The van der Waals surface area contributed by atoms with Gasteiger partial charge in [0.1, 0.15) is 5.82 Å². The summed E-state index contributed by atoms with van der Waals surface area (Å²) in [5, 5.41) is 13.5. The van der Waals surface area contributed by atoms with Gasteiger partial charge in [-0.2, -0.15) is 0 Å². The van der Waals surface area contributed by atoms with E-state index in [9.17, 15) is 4.39 Å². The largest absolute Gasteiger partial charge is 0.409 e. The Labute approximate surface area is 120 Å². The van der Waals surface area contributed by atoms with Crippen molar-refractivity contribution in [3.63, 3.8) is 0 Å². The molecule has 20 heavy (non-hydrogen) atoms. The Balaban J connectivity index is 2.13. The van der Waals surface area contributed by atoms with Gasteiger partial charge in [0.25, 0.3) is 0 Å². The minimum Gasteiger partial charge on any atom is -0.409 e. The Hall–Kier alpha value is -1.92. The van der Waals surface area contributed by atoms with Crippen molar-refractivity contribution in [1.82, 2.24) is 4.90 Å². The first-order valence-corrected chi connectivity index (χ1v) is 6.96. The molecule has 0 aliphatic carbocycles. The van der Waals surface area contributed by atoms with Gasteiger partial charge in [-0.3, -0.25) is 4.90 Å². The summed E-state index contributed by atoms with van der Waals surface area (Å²) in [6, 6.07) is 8.93. The lowest BCUT2D eigenvalue weighted by Gasteiger charge is -2.17. The molecule has 3 N–H and O–H groups in total. The number of hydrogen-bond donors (Lipinski definition) is 2. The van der Waals surface area contributed by atoms with E-state index in [0.29, 0.717) is 12.1 Å². The van der Waals surface area contributed by atoms with Crippen molar-refractivity contribution < 1.29 is 9.60 Å². The number of benzene rings is 1. The van der Waals surface area contributed by atoms with Gasteiger partial charge in [0, 0.05) is 23.5 Å². The second kappa shape index (κ2) is 6.49. The van der Waals surface area contributed by atoms with Crippen LogP contribution in [0.5, 0.6) is 0 Å². The average molecular weight is 293 g/mol. The molecule has 106 valence electrons. The Bertz CT molecular complexity index is 598. The van der Waals surface area contributed by atoms with Gasteiger partial charge in [0.05, 0.1) is 5.56 Å². The molecule has 0 atom stereocenters. The van der Waals surface area contributed by atoms with Crippen LogP contribution in [0.1, 0.15) is 16.0 Å². The zero-order valence-electron chi connectivity index (χ0n) is 11.1. The summed E-state index contributed by atoms with van der Waals surface area (Å²) in [4.78, 5) is 3.24. The predicted octanol–water partition coefficient (Wildman–Crippen LogP) is 2.61. The summed E-state index contributed by atoms with van der Waals surface area (Å²) in [6.07, 6.45) is 0. The van der Waals surface area contributed by atoms with Crippen LogP contribution in [0.2, 0.25) is 0 Å². The number of thiophene rings is 1. The molecule has 0 radical (unpaired) electrons. The van der Waals surface area contributed by atoms with Crippen molar-refractivity contribution in [3.05, 3.63) is 57.5 Å². The molecular weight excluding hydrogens is 277 g/mol. The predicted molar refractivity (Wildman–Crippen MR) is 78.4 cm³/mol. The summed E-state index contributed by atoms with van der Waals surface area (Å²) in [5.74, 6) is -0.661. The third-order valence-corrected chi connectivity index (χ3v) is 3.77. The van der Waals surface area contributed by atoms with E-state index in [1.165, 1.54) is 10.9 Å². The second-order valence-electron chi connectivity index (χ2n) is 4.52. The maximum Gasteiger partial charge on any atom is 0.173 e. The Morgan fingerprint density at radius 3 is 2.80 bits per heavy atom. The molecule has 2 rings (SSSR count). The fourth-order valence-electron chi connectivity index (χ4n) is 1.97. The quantitative estimate of drug-likeness (QED) is 0.385. The molecule has 0 aliphatic heterocycles. The lowest BCUT2D eigenvalue weighted by Crippen LogP contribution is -2.20. The second-order valence-corrected chi connectivity index (χ2v) is 5.55. The summed E-state index contributed by atoms with van der Waals surface area (Å²) < 4.78 is 14.3. The van der Waals surface area contributed by atoms with E-state index in [1.54, 1.807) is 23.5 Å². The van der Waals surface area contributed by atoms with Crippen LogP contribution in [-0.2, 0) is 13.1 Å². The van der Waals surface area contributed by atoms with Gasteiger partial charge < -0.3 is 10.9 Å². The van der Waals surface area contributed by atoms with Crippen LogP contribution in [0.25, 0.3) is 0 Å². The molecule has 0 amide bonds. The Kier molecular flexibility index (Phi) is 4.70. The first kappa shape index (κ1) is 14.5. The van der Waals surface area contributed by atoms with E-state index < -0.39 is 5.82 Å². The molecule has 1 heterocycles. The minimum absolute atomic E-state index is 0.120. The molecule has 1 aromatic heterocycles. The third-order valence-electron chi connectivity index (χ3n) is 2.91. The topological polar surface area (TPSA) is 61.8 Å². The van der Waals surface area contributed by atoms with E-state index in [0.717, 1.165) is 6.54 Å². The SMILES string of the molecule is CN(Cc1cccs1)Cc1cccc(/C(N)=N/O)c1F. The van der Waals surface area contributed by atoms with Crippen molar-refractivity contribution in [3.8, 4) is 0 Å². The van der Waals surface area contributed by atoms with Gasteiger partial charge in [-0.15, -0.1) is 11.3 Å². The van der Waals surface area contributed by atoms with E-state index in [2.05, 4.69) is 5.16 Å². The van der Waals surface area contributed by atoms with Crippen molar-refractivity contribution in [2.75, 3.05) is 7.05 Å². The fraction of sp³-hybridized carbons (Fsp3) is 0.214. The highest BCUT2D eigenvalue weighted by Gasteiger charge is 2.13. The number of hydrogen-bond acceptors (Lipinski definition) is 4. The molecular formula is C14H16FN3OS. The zero-order valence-corrected chi connectivity index (χ0v) is 11.9. The third kappa shape index (κ3) is 3.34.